The molecule has 3 rings (SSSR count). The van der Waals surface area contributed by atoms with Gasteiger partial charge in [-0.2, -0.15) is 0 Å². The second kappa shape index (κ2) is 7.49. The number of carbonyl (C=O) groups is 1. The van der Waals surface area contributed by atoms with Crippen LogP contribution in [0.3, 0.4) is 0 Å². The third kappa shape index (κ3) is 3.56. The highest BCUT2D eigenvalue weighted by molar-refractivity contribution is 7.24. The van der Waals surface area contributed by atoms with Crippen LogP contribution in [0.5, 0.6) is 5.75 Å². The molecule has 0 fully saturated rings. The predicted molar refractivity (Wildman–Crippen MR) is 102 cm³/mol. The van der Waals surface area contributed by atoms with Crippen LogP contribution in [0.15, 0.2) is 53.8 Å². The SMILES string of the molecule is C=CC(=O)OCCCOc1ccc(C)c2c(=O)c3ccccc3sc12. The fourth-order valence-corrected chi connectivity index (χ4v) is 3.84. The van der Waals surface area contributed by atoms with Crippen LogP contribution in [-0.2, 0) is 9.53 Å². The van der Waals surface area contributed by atoms with Gasteiger partial charge in [0.1, 0.15) is 5.75 Å². The number of hydrogen-bond donors (Lipinski definition) is 0. The van der Waals surface area contributed by atoms with E-state index in [1.165, 1.54) is 0 Å². The minimum absolute atomic E-state index is 0.0345. The number of fused-ring (bicyclic) bond motifs is 2. The third-order valence-corrected chi connectivity index (χ3v) is 5.04. The fourth-order valence-electron chi connectivity index (χ4n) is 2.62. The van der Waals surface area contributed by atoms with Crippen molar-refractivity contribution in [3.8, 4) is 5.75 Å². The highest BCUT2D eigenvalue weighted by Gasteiger charge is 2.12. The summed E-state index contributed by atoms with van der Waals surface area (Å²) < 4.78 is 12.6. The third-order valence-electron chi connectivity index (χ3n) is 3.86. The zero-order valence-corrected chi connectivity index (χ0v) is 14.7. The summed E-state index contributed by atoms with van der Waals surface area (Å²) in [5, 5.41) is 1.44. The van der Waals surface area contributed by atoms with E-state index in [9.17, 15) is 9.59 Å². The topological polar surface area (TPSA) is 52.6 Å². The molecule has 0 aliphatic heterocycles. The molecule has 0 amide bonds. The Morgan fingerprint density at radius 2 is 2.00 bits per heavy atom. The predicted octanol–water partition coefficient (Wildman–Crippen LogP) is 4.22. The van der Waals surface area contributed by atoms with Gasteiger partial charge in [0.25, 0.3) is 0 Å². The van der Waals surface area contributed by atoms with Crippen LogP contribution in [0.4, 0.5) is 0 Å². The minimum Gasteiger partial charge on any atom is -0.492 e. The number of benzene rings is 2. The Balaban J connectivity index is 1.89. The van der Waals surface area contributed by atoms with Gasteiger partial charge in [-0.25, -0.2) is 4.79 Å². The molecular weight excluding hydrogens is 336 g/mol. The summed E-state index contributed by atoms with van der Waals surface area (Å²) in [6, 6.07) is 11.4. The van der Waals surface area contributed by atoms with Gasteiger partial charge in [0, 0.05) is 28.0 Å². The molecule has 1 heterocycles. The first-order valence-electron chi connectivity index (χ1n) is 7.99. The summed E-state index contributed by atoms with van der Waals surface area (Å²) in [5.41, 5.74) is 0.974. The van der Waals surface area contributed by atoms with Crippen molar-refractivity contribution in [2.45, 2.75) is 13.3 Å². The van der Waals surface area contributed by atoms with Crippen molar-refractivity contribution in [3.63, 3.8) is 0 Å². The first kappa shape index (κ1) is 17.2. The summed E-state index contributed by atoms with van der Waals surface area (Å²) in [5.74, 6) is 0.244. The smallest absolute Gasteiger partial charge is 0.330 e. The standard InChI is InChI=1S/C20H18O4S/c1-3-17(21)24-12-6-11-23-15-10-9-13(2)18-19(22)14-7-4-5-8-16(14)25-20(15)18/h3-5,7-10H,1,6,11-12H2,2H3. The lowest BCUT2D eigenvalue weighted by atomic mass is 10.1. The maximum absolute atomic E-state index is 12.8. The lowest BCUT2D eigenvalue weighted by Gasteiger charge is -2.11. The molecule has 2 aromatic carbocycles. The summed E-state index contributed by atoms with van der Waals surface area (Å²) in [7, 11) is 0. The van der Waals surface area contributed by atoms with E-state index in [2.05, 4.69) is 6.58 Å². The molecule has 128 valence electrons. The van der Waals surface area contributed by atoms with E-state index in [1.807, 2.05) is 43.3 Å². The zero-order valence-electron chi connectivity index (χ0n) is 13.9. The van der Waals surface area contributed by atoms with Crippen molar-refractivity contribution < 1.29 is 14.3 Å². The van der Waals surface area contributed by atoms with E-state index in [-0.39, 0.29) is 12.0 Å². The van der Waals surface area contributed by atoms with Gasteiger partial charge in [0.15, 0.2) is 5.43 Å². The van der Waals surface area contributed by atoms with Crippen LogP contribution in [-0.4, -0.2) is 19.2 Å². The Hall–Kier alpha value is -2.66. The maximum Gasteiger partial charge on any atom is 0.330 e. The van der Waals surface area contributed by atoms with Gasteiger partial charge in [-0.3, -0.25) is 4.79 Å². The number of aryl methyl sites for hydroxylation is 1. The summed E-state index contributed by atoms with van der Waals surface area (Å²) >= 11 is 1.55. The summed E-state index contributed by atoms with van der Waals surface area (Å²) in [4.78, 5) is 23.8. The van der Waals surface area contributed by atoms with Crippen molar-refractivity contribution >= 4 is 37.5 Å². The van der Waals surface area contributed by atoms with Crippen LogP contribution in [0.25, 0.3) is 20.2 Å². The molecule has 5 heteroatoms. The Labute approximate surface area is 149 Å². The van der Waals surface area contributed by atoms with E-state index < -0.39 is 5.97 Å². The Morgan fingerprint density at radius 1 is 1.20 bits per heavy atom. The number of hydrogen-bond acceptors (Lipinski definition) is 5. The van der Waals surface area contributed by atoms with Gasteiger partial charge in [0.2, 0.25) is 0 Å². The fraction of sp³-hybridized carbons (Fsp3) is 0.200. The molecule has 0 bridgehead atoms. The molecule has 0 N–H and O–H groups in total. The average Bonchev–Trinajstić information content (AvgIpc) is 2.63. The van der Waals surface area contributed by atoms with Crippen LogP contribution >= 0.6 is 11.3 Å². The van der Waals surface area contributed by atoms with Gasteiger partial charge in [-0.05, 0) is 30.7 Å². The zero-order chi connectivity index (χ0) is 17.8. The second-order valence-corrected chi connectivity index (χ2v) is 6.64. The van der Waals surface area contributed by atoms with Crippen LogP contribution in [0.2, 0.25) is 0 Å². The molecule has 0 aliphatic rings. The maximum atomic E-state index is 12.8. The van der Waals surface area contributed by atoms with Gasteiger partial charge in [0.05, 0.1) is 17.9 Å². The molecule has 0 spiro atoms. The van der Waals surface area contributed by atoms with E-state index in [0.717, 1.165) is 26.4 Å². The molecule has 3 aromatic rings. The molecule has 0 aliphatic carbocycles. The lowest BCUT2D eigenvalue weighted by molar-refractivity contribution is -0.137. The molecule has 0 radical (unpaired) electrons. The van der Waals surface area contributed by atoms with Crippen LogP contribution < -0.4 is 10.2 Å². The molecule has 25 heavy (non-hydrogen) atoms. The highest BCUT2D eigenvalue weighted by atomic mass is 32.1. The first-order chi connectivity index (χ1) is 12.1. The molecular formula is C20H18O4S. The number of carbonyl (C=O) groups excluding carboxylic acids is 1. The largest absolute Gasteiger partial charge is 0.492 e. The van der Waals surface area contributed by atoms with E-state index in [4.69, 9.17) is 9.47 Å². The monoisotopic (exact) mass is 354 g/mol. The van der Waals surface area contributed by atoms with Crippen molar-refractivity contribution in [2.75, 3.05) is 13.2 Å². The molecule has 0 atom stereocenters. The highest BCUT2D eigenvalue weighted by Crippen LogP contribution is 2.33. The minimum atomic E-state index is -0.439. The van der Waals surface area contributed by atoms with Crippen molar-refractivity contribution in [2.24, 2.45) is 0 Å². The lowest BCUT2D eigenvalue weighted by Crippen LogP contribution is -2.08. The molecule has 0 saturated carbocycles. The van der Waals surface area contributed by atoms with Gasteiger partial charge in [-0.1, -0.05) is 24.8 Å². The van der Waals surface area contributed by atoms with Crippen molar-refractivity contribution in [1.82, 2.24) is 0 Å². The second-order valence-electron chi connectivity index (χ2n) is 5.59. The summed E-state index contributed by atoms with van der Waals surface area (Å²) in [6.45, 7) is 5.95. The van der Waals surface area contributed by atoms with Gasteiger partial charge >= 0.3 is 5.97 Å². The average molecular weight is 354 g/mol. The Bertz CT molecular complexity index is 1000. The summed E-state index contributed by atoms with van der Waals surface area (Å²) in [6.07, 6.45) is 1.70. The molecule has 0 unspecified atom stereocenters. The normalized spacial score (nSPS) is 10.8. The van der Waals surface area contributed by atoms with Crippen molar-refractivity contribution in [1.29, 1.82) is 0 Å². The Morgan fingerprint density at radius 3 is 2.80 bits per heavy atom. The van der Waals surface area contributed by atoms with Crippen LogP contribution in [0.1, 0.15) is 12.0 Å². The Kier molecular flexibility index (Phi) is 5.14. The number of esters is 1. The van der Waals surface area contributed by atoms with E-state index in [1.54, 1.807) is 11.3 Å². The molecule has 0 saturated heterocycles. The van der Waals surface area contributed by atoms with Crippen molar-refractivity contribution in [3.05, 3.63) is 64.8 Å². The quantitative estimate of drug-likeness (QED) is 0.288. The molecule has 1 aromatic heterocycles. The first-order valence-corrected chi connectivity index (χ1v) is 8.80. The van der Waals surface area contributed by atoms with E-state index >= 15 is 0 Å². The molecule has 4 nitrogen and oxygen atoms in total. The number of ether oxygens (including phenoxy) is 2. The van der Waals surface area contributed by atoms with Gasteiger partial charge < -0.3 is 9.47 Å². The number of rotatable bonds is 6. The van der Waals surface area contributed by atoms with E-state index in [0.29, 0.717) is 24.2 Å². The van der Waals surface area contributed by atoms with Crippen LogP contribution in [0, 0.1) is 6.92 Å². The van der Waals surface area contributed by atoms with Gasteiger partial charge in [-0.15, -0.1) is 11.3 Å².